The lowest BCUT2D eigenvalue weighted by atomic mass is 9.81. The van der Waals surface area contributed by atoms with Gasteiger partial charge in [0.2, 0.25) is 12.0 Å². The number of cyclic esters (lactones) is 1. The number of hydrogen-bond donors (Lipinski definition) is 7. The summed E-state index contributed by atoms with van der Waals surface area (Å²) in [7, 11) is 4.04. The highest BCUT2D eigenvalue weighted by Crippen LogP contribution is 2.45. The molecule has 2 heterocycles. The average molecular weight is 608 g/mol. The van der Waals surface area contributed by atoms with E-state index in [1.807, 2.05) is 0 Å². The van der Waals surface area contributed by atoms with Crippen molar-refractivity contribution in [1.82, 2.24) is 5.32 Å². The molecule has 2 aliphatic rings. The van der Waals surface area contributed by atoms with Gasteiger partial charge in [0.25, 0.3) is 0 Å². The lowest BCUT2D eigenvalue weighted by molar-refractivity contribution is -0.320. The van der Waals surface area contributed by atoms with Gasteiger partial charge in [0.15, 0.2) is 35.7 Å². The number of carboxylic acid groups (broad SMARTS) is 1. The zero-order valence-corrected chi connectivity index (χ0v) is 23.5. The highest BCUT2D eigenvalue weighted by atomic mass is 16.7. The van der Waals surface area contributed by atoms with E-state index in [9.17, 15) is 35.1 Å². The molecular formula is C27H33N3O13. The molecule has 16 nitrogen and oxygen atoms in total. The second-order valence-corrected chi connectivity index (χ2v) is 9.70. The topological polar surface area (TPSA) is 241 Å². The molecule has 1 saturated heterocycles. The number of nitrogens with zero attached hydrogens (tertiary/aromatic N) is 1. The SMILES string of the molecule is CN=C(N)NCOc1cc(C(=O)O)ccc1O[C@H]1O[C@@]2(CCc3c(cc(OC)c(O)c3OC)C(=O)OC2)[C@@H](O)[C@H](O)[C@H]1O. The molecule has 5 atom stereocenters. The van der Waals surface area contributed by atoms with Crippen LogP contribution in [0.25, 0.3) is 0 Å². The number of benzene rings is 2. The van der Waals surface area contributed by atoms with Crippen LogP contribution in [0.3, 0.4) is 0 Å². The van der Waals surface area contributed by atoms with Crippen LogP contribution in [0.4, 0.5) is 0 Å². The third-order valence-electron chi connectivity index (χ3n) is 7.21. The Morgan fingerprint density at radius 1 is 1.14 bits per heavy atom. The van der Waals surface area contributed by atoms with Gasteiger partial charge in [-0.1, -0.05) is 0 Å². The predicted molar refractivity (Wildman–Crippen MR) is 146 cm³/mol. The van der Waals surface area contributed by atoms with Crippen molar-refractivity contribution in [3.8, 4) is 28.7 Å². The number of carboxylic acids is 1. The molecule has 43 heavy (non-hydrogen) atoms. The molecule has 0 unspecified atom stereocenters. The number of aliphatic hydroxyl groups excluding tert-OH is 3. The van der Waals surface area contributed by atoms with Gasteiger partial charge in [-0.3, -0.25) is 4.99 Å². The number of carbonyl (C=O) groups is 2. The smallest absolute Gasteiger partial charge is 0.338 e. The number of guanidine groups is 1. The Balaban J connectivity index is 1.66. The van der Waals surface area contributed by atoms with Crippen molar-refractivity contribution < 1.29 is 63.5 Å². The van der Waals surface area contributed by atoms with Crippen molar-refractivity contribution in [2.75, 3.05) is 34.6 Å². The van der Waals surface area contributed by atoms with Crippen LogP contribution in [-0.2, 0) is 15.9 Å². The van der Waals surface area contributed by atoms with Crippen molar-refractivity contribution in [3.63, 3.8) is 0 Å². The standard InChI is InChI=1S/C27H33N3O13/c1-29-26(28)30-11-41-16-8-12(23(35)36)4-5-15(16)42-25-20(33)19(32)22(34)27(43-25)7-6-13-14(24(37)40-10-27)9-17(38-2)18(31)21(13)39-3/h4-5,8-9,19-20,22,25,31-34H,6-7,10-11H2,1-3H3,(H,35,36)(H3,28,29,30)/t19-,20-,22+,25+,27-/m1/s1. The van der Waals surface area contributed by atoms with Gasteiger partial charge in [0.1, 0.15) is 30.5 Å². The number of esters is 1. The van der Waals surface area contributed by atoms with Crippen LogP contribution in [0, 0.1) is 0 Å². The Bertz CT molecular complexity index is 1400. The van der Waals surface area contributed by atoms with Gasteiger partial charge in [-0.15, -0.1) is 0 Å². The number of fused-ring (bicyclic) bond motifs is 1. The maximum absolute atomic E-state index is 13.1. The fourth-order valence-corrected chi connectivity index (χ4v) is 4.84. The summed E-state index contributed by atoms with van der Waals surface area (Å²) in [5, 5.41) is 55.3. The van der Waals surface area contributed by atoms with Gasteiger partial charge >= 0.3 is 11.9 Å². The molecule has 0 radical (unpaired) electrons. The number of aromatic carboxylic acids is 1. The van der Waals surface area contributed by atoms with Crippen LogP contribution < -0.4 is 30.0 Å². The number of phenols is 1. The Kier molecular flexibility index (Phi) is 9.34. The number of aliphatic imine (C=N–C) groups is 1. The second-order valence-electron chi connectivity index (χ2n) is 9.70. The molecule has 234 valence electrons. The van der Waals surface area contributed by atoms with Crippen LogP contribution in [0.2, 0.25) is 0 Å². The summed E-state index contributed by atoms with van der Waals surface area (Å²) in [5.41, 5.74) is 3.95. The van der Waals surface area contributed by atoms with Crippen molar-refractivity contribution >= 4 is 17.9 Å². The van der Waals surface area contributed by atoms with Crippen LogP contribution in [0.1, 0.15) is 32.7 Å². The van der Waals surface area contributed by atoms with Crippen LogP contribution in [0.15, 0.2) is 29.3 Å². The lowest BCUT2D eigenvalue weighted by Crippen LogP contribution is -2.67. The lowest BCUT2D eigenvalue weighted by Gasteiger charge is -2.48. The largest absolute Gasteiger partial charge is 0.502 e. The van der Waals surface area contributed by atoms with E-state index in [4.69, 9.17) is 34.2 Å². The zero-order chi connectivity index (χ0) is 31.5. The average Bonchev–Trinajstić information content (AvgIpc) is 2.99. The summed E-state index contributed by atoms with van der Waals surface area (Å²) in [4.78, 5) is 28.3. The van der Waals surface area contributed by atoms with E-state index < -0.39 is 48.7 Å². The van der Waals surface area contributed by atoms with Crippen molar-refractivity contribution in [1.29, 1.82) is 0 Å². The number of rotatable bonds is 8. The Hall–Kier alpha value is -4.51. The van der Waals surface area contributed by atoms with Crippen molar-refractivity contribution in [2.45, 2.75) is 43.0 Å². The Morgan fingerprint density at radius 2 is 1.88 bits per heavy atom. The maximum atomic E-state index is 13.1. The van der Waals surface area contributed by atoms with E-state index in [0.29, 0.717) is 0 Å². The van der Waals surface area contributed by atoms with E-state index in [-0.39, 0.29) is 71.0 Å². The maximum Gasteiger partial charge on any atom is 0.338 e. The van der Waals surface area contributed by atoms with Crippen LogP contribution in [0.5, 0.6) is 28.7 Å². The molecule has 0 aliphatic carbocycles. The van der Waals surface area contributed by atoms with Gasteiger partial charge in [-0.25, -0.2) is 9.59 Å². The number of nitrogens with two attached hydrogens (primary N) is 1. The third-order valence-corrected chi connectivity index (χ3v) is 7.21. The number of phenolic OH excluding ortho intramolecular Hbond substituents is 1. The molecule has 1 spiro atoms. The number of hydrogen-bond acceptors (Lipinski definition) is 13. The minimum absolute atomic E-state index is 0.00843. The van der Waals surface area contributed by atoms with E-state index in [1.165, 1.54) is 39.5 Å². The van der Waals surface area contributed by atoms with Gasteiger partial charge < -0.3 is 65.0 Å². The highest BCUT2D eigenvalue weighted by Gasteiger charge is 2.56. The quantitative estimate of drug-likeness (QED) is 0.0852. The molecule has 2 aromatic rings. The Morgan fingerprint density at radius 3 is 2.53 bits per heavy atom. The molecule has 0 saturated carbocycles. The first kappa shape index (κ1) is 31.4. The molecule has 0 amide bonds. The summed E-state index contributed by atoms with van der Waals surface area (Å²) in [6.07, 6.45) is -7.14. The van der Waals surface area contributed by atoms with Crippen molar-refractivity contribution in [2.24, 2.45) is 10.7 Å². The molecule has 2 aliphatic heterocycles. The highest BCUT2D eigenvalue weighted by molar-refractivity contribution is 5.93. The van der Waals surface area contributed by atoms with E-state index >= 15 is 0 Å². The number of carbonyl (C=O) groups excluding carboxylic acids is 1. The molecule has 0 bridgehead atoms. The van der Waals surface area contributed by atoms with E-state index in [1.54, 1.807) is 0 Å². The first-order chi connectivity index (χ1) is 20.5. The number of nitrogens with one attached hydrogen (secondary N) is 1. The molecule has 8 N–H and O–H groups in total. The van der Waals surface area contributed by atoms with Crippen LogP contribution in [-0.4, -0.2) is 108 Å². The molecule has 1 fully saturated rings. The van der Waals surface area contributed by atoms with Crippen LogP contribution >= 0.6 is 0 Å². The van der Waals surface area contributed by atoms with Gasteiger partial charge in [-0.2, -0.15) is 0 Å². The van der Waals surface area contributed by atoms with Crippen molar-refractivity contribution in [3.05, 3.63) is 41.0 Å². The van der Waals surface area contributed by atoms with E-state index in [2.05, 4.69) is 10.3 Å². The molecule has 2 aromatic carbocycles. The molecular weight excluding hydrogens is 574 g/mol. The minimum Gasteiger partial charge on any atom is -0.502 e. The predicted octanol–water partition coefficient (Wildman–Crippen LogP) is -0.662. The first-order valence-electron chi connectivity index (χ1n) is 12.9. The molecule has 16 heteroatoms. The first-order valence-corrected chi connectivity index (χ1v) is 12.9. The monoisotopic (exact) mass is 607 g/mol. The minimum atomic E-state index is -1.83. The summed E-state index contributed by atoms with van der Waals surface area (Å²) in [6, 6.07) is 4.94. The van der Waals surface area contributed by atoms with Gasteiger partial charge in [0, 0.05) is 12.6 Å². The number of aromatic hydroxyl groups is 1. The van der Waals surface area contributed by atoms with Gasteiger partial charge in [0.05, 0.1) is 25.3 Å². The summed E-state index contributed by atoms with van der Waals surface area (Å²) >= 11 is 0. The summed E-state index contributed by atoms with van der Waals surface area (Å²) in [5.74, 6) is -2.65. The zero-order valence-electron chi connectivity index (χ0n) is 23.5. The fourth-order valence-electron chi connectivity index (χ4n) is 4.84. The second kappa shape index (κ2) is 12.8. The van der Waals surface area contributed by atoms with Gasteiger partial charge in [-0.05, 0) is 37.1 Å². The number of methoxy groups -OCH3 is 2. The fraction of sp³-hybridized carbons (Fsp3) is 0.444. The Labute approximate surface area is 245 Å². The molecule has 0 aromatic heterocycles. The normalized spacial score (nSPS) is 25.5. The summed E-state index contributed by atoms with van der Waals surface area (Å²) in [6.45, 7) is -0.792. The van der Waals surface area contributed by atoms with E-state index in [0.717, 1.165) is 6.07 Å². The third kappa shape index (κ3) is 6.17. The number of ether oxygens (including phenoxy) is 6. The summed E-state index contributed by atoms with van der Waals surface area (Å²) < 4.78 is 33.4. The molecule has 4 rings (SSSR count). The number of aliphatic hydroxyl groups is 3.